The Morgan fingerprint density at radius 3 is 2.69 bits per heavy atom. The highest BCUT2D eigenvalue weighted by Gasteiger charge is 2.20. The van der Waals surface area contributed by atoms with Crippen molar-refractivity contribution in [1.29, 1.82) is 0 Å². The van der Waals surface area contributed by atoms with E-state index in [1.807, 2.05) is 59.5 Å². The van der Waals surface area contributed by atoms with Gasteiger partial charge in [-0.15, -0.1) is 0 Å². The van der Waals surface area contributed by atoms with E-state index in [1.165, 1.54) is 5.39 Å². The maximum atomic E-state index is 12.4. The van der Waals surface area contributed by atoms with Crippen molar-refractivity contribution in [3.8, 4) is 5.75 Å². The lowest BCUT2D eigenvalue weighted by Gasteiger charge is -2.16. The van der Waals surface area contributed by atoms with E-state index in [2.05, 4.69) is 11.4 Å². The third-order valence-electron chi connectivity index (χ3n) is 5.11. The number of likely N-dealkylation sites (tertiary alicyclic amines) is 1. The van der Waals surface area contributed by atoms with Crippen molar-refractivity contribution >= 4 is 22.6 Å². The number of nitrogens with one attached hydrogen (secondary N) is 1. The molecule has 0 atom stereocenters. The molecule has 0 aliphatic carbocycles. The smallest absolute Gasteiger partial charge is 0.251 e. The maximum Gasteiger partial charge on any atom is 0.251 e. The van der Waals surface area contributed by atoms with Crippen LogP contribution in [0.3, 0.4) is 0 Å². The Labute approximate surface area is 170 Å². The number of hydrogen-bond donors (Lipinski definition) is 1. The molecule has 2 amide bonds. The summed E-state index contributed by atoms with van der Waals surface area (Å²) < 4.78 is 5.77. The third kappa shape index (κ3) is 4.74. The first kappa shape index (κ1) is 19.0. The molecule has 0 spiro atoms. The van der Waals surface area contributed by atoms with Crippen LogP contribution in [0.5, 0.6) is 5.75 Å². The van der Waals surface area contributed by atoms with Gasteiger partial charge in [0.25, 0.3) is 5.91 Å². The molecule has 1 saturated heterocycles. The second-order valence-electron chi connectivity index (χ2n) is 7.23. The van der Waals surface area contributed by atoms with Crippen molar-refractivity contribution in [2.45, 2.75) is 19.4 Å². The summed E-state index contributed by atoms with van der Waals surface area (Å²) in [6.07, 6.45) is 1.54. The number of hydrogen-bond acceptors (Lipinski definition) is 3. The minimum Gasteiger partial charge on any atom is -0.492 e. The molecule has 0 radical (unpaired) electrons. The Morgan fingerprint density at radius 1 is 1.00 bits per heavy atom. The third-order valence-corrected chi connectivity index (χ3v) is 5.11. The van der Waals surface area contributed by atoms with Crippen LogP contribution in [0.15, 0.2) is 66.7 Å². The molecule has 4 rings (SSSR count). The summed E-state index contributed by atoms with van der Waals surface area (Å²) in [4.78, 5) is 26.1. The molecule has 148 valence electrons. The van der Waals surface area contributed by atoms with Crippen molar-refractivity contribution in [2.75, 3.05) is 19.7 Å². The van der Waals surface area contributed by atoms with Crippen molar-refractivity contribution in [1.82, 2.24) is 10.2 Å². The van der Waals surface area contributed by atoms with Gasteiger partial charge in [-0.3, -0.25) is 9.59 Å². The van der Waals surface area contributed by atoms with Crippen molar-refractivity contribution in [2.24, 2.45) is 0 Å². The lowest BCUT2D eigenvalue weighted by atomic mass is 10.1. The quantitative estimate of drug-likeness (QED) is 0.627. The van der Waals surface area contributed by atoms with Crippen LogP contribution in [0, 0.1) is 0 Å². The molecule has 1 aliphatic rings. The van der Waals surface area contributed by atoms with Gasteiger partial charge in [0.2, 0.25) is 5.91 Å². The zero-order chi connectivity index (χ0) is 20.1. The first-order valence-electron chi connectivity index (χ1n) is 9.95. The Bertz CT molecular complexity index is 1030. The molecule has 5 nitrogen and oxygen atoms in total. The molecule has 0 unspecified atom stereocenters. The van der Waals surface area contributed by atoms with E-state index in [9.17, 15) is 9.59 Å². The average Bonchev–Trinajstić information content (AvgIpc) is 3.15. The van der Waals surface area contributed by atoms with Gasteiger partial charge >= 0.3 is 0 Å². The second-order valence-corrected chi connectivity index (χ2v) is 7.23. The maximum absolute atomic E-state index is 12.4. The summed E-state index contributed by atoms with van der Waals surface area (Å²) >= 11 is 0. The summed E-state index contributed by atoms with van der Waals surface area (Å²) in [6.45, 7) is 2.17. The molecular weight excluding hydrogens is 364 g/mol. The normalized spacial score (nSPS) is 13.7. The van der Waals surface area contributed by atoms with Crippen LogP contribution < -0.4 is 10.1 Å². The largest absolute Gasteiger partial charge is 0.492 e. The Balaban J connectivity index is 1.28. The van der Waals surface area contributed by atoms with Crippen molar-refractivity contribution in [3.63, 3.8) is 0 Å². The summed E-state index contributed by atoms with van der Waals surface area (Å²) in [5.74, 6) is 0.836. The van der Waals surface area contributed by atoms with Gasteiger partial charge in [0, 0.05) is 25.1 Å². The van der Waals surface area contributed by atoms with Gasteiger partial charge in [0.1, 0.15) is 12.4 Å². The van der Waals surface area contributed by atoms with Crippen LogP contribution in [0.2, 0.25) is 0 Å². The summed E-state index contributed by atoms with van der Waals surface area (Å²) in [5, 5.41) is 5.19. The summed E-state index contributed by atoms with van der Waals surface area (Å²) in [7, 11) is 0. The van der Waals surface area contributed by atoms with E-state index in [-0.39, 0.29) is 11.8 Å². The van der Waals surface area contributed by atoms with Gasteiger partial charge in [0.15, 0.2) is 0 Å². The van der Waals surface area contributed by atoms with Crippen LogP contribution >= 0.6 is 0 Å². The van der Waals surface area contributed by atoms with Gasteiger partial charge < -0.3 is 15.0 Å². The minimum absolute atomic E-state index is 0.137. The number of nitrogens with zero attached hydrogens (tertiary/aromatic N) is 1. The first-order chi connectivity index (χ1) is 14.2. The Hall–Kier alpha value is -3.34. The fourth-order valence-corrected chi connectivity index (χ4v) is 3.60. The summed E-state index contributed by atoms with van der Waals surface area (Å²) in [6, 6.07) is 21.5. The molecule has 1 aliphatic heterocycles. The Kier molecular flexibility index (Phi) is 5.75. The van der Waals surface area contributed by atoms with E-state index in [0.29, 0.717) is 31.7 Å². The Morgan fingerprint density at radius 2 is 1.86 bits per heavy atom. The van der Waals surface area contributed by atoms with Crippen LogP contribution in [0.25, 0.3) is 10.8 Å². The van der Waals surface area contributed by atoms with Gasteiger partial charge in [-0.25, -0.2) is 0 Å². The topological polar surface area (TPSA) is 58.6 Å². The van der Waals surface area contributed by atoms with Gasteiger partial charge in [-0.05, 0) is 47.0 Å². The number of fused-ring (bicyclic) bond motifs is 1. The molecule has 1 N–H and O–H groups in total. The highest BCUT2D eigenvalue weighted by Crippen LogP contribution is 2.20. The molecule has 0 bridgehead atoms. The molecular formula is C24H24N2O3. The second kappa shape index (κ2) is 8.78. The number of benzene rings is 3. The minimum atomic E-state index is -0.137. The van der Waals surface area contributed by atoms with Crippen molar-refractivity contribution in [3.05, 3.63) is 77.9 Å². The van der Waals surface area contributed by atoms with Crippen LogP contribution in [0.1, 0.15) is 28.8 Å². The molecule has 3 aromatic carbocycles. The van der Waals surface area contributed by atoms with E-state index >= 15 is 0 Å². The van der Waals surface area contributed by atoms with Gasteiger partial charge in [0.05, 0.1) is 6.54 Å². The number of carbonyl (C=O) groups excluding carboxylic acids is 2. The zero-order valence-electron chi connectivity index (χ0n) is 16.3. The number of carbonyl (C=O) groups is 2. The van der Waals surface area contributed by atoms with Crippen molar-refractivity contribution < 1.29 is 14.3 Å². The van der Waals surface area contributed by atoms with Crippen LogP contribution in [-0.2, 0) is 11.3 Å². The highest BCUT2D eigenvalue weighted by atomic mass is 16.5. The van der Waals surface area contributed by atoms with E-state index in [4.69, 9.17) is 4.74 Å². The van der Waals surface area contributed by atoms with Gasteiger partial charge in [-0.2, -0.15) is 0 Å². The molecule has 0 aromatic heterocycles. The fourth-order valence-electron chi connectivity index (χ4n) is 3.60. The molecule has 3 aromatic rings. The lowest BCUT2D eigenvalue weighted by molar-refractivity contribution is -0.128. The fraction of sp³-hybridized carbons (Fsp3) is 0.250. The molecule has 1 heterocycles. The number of rotatable bonds is 7. The van der Waals surface area contributed by atoms with E-state index < -0.39 is 0 Å². The molecule has 5 heteroatoms. The SMILES string of the molecule is O=C(NCCOc1ccc2ccccc2c1)c1cccc(CN2CCCC2=O)c1. The lowest BCUT2D eigenvalue weighted by Crippen LogP contribution is -2.28. The van der Waals surface area contributed by atoms with Gasteiger partial charge in [-0.1, -0.05) is 42.5 Å². The number of ether oxygens (including phenoxy) is 1. The first-order valence-corrected chi connectivity index (χ1v) is 9.95. The zero-order valence-corrected chi connectivity index (χ0v) is 16.3. The van der Waals surface area contributed by atoms with E-state index in [0.717, 1.165) is 29.7 Å². The predicted octanol–water partition coefficient (Wildman–Crippen LogP) is 3.77. The molecule has 1 fully saturated rings. The van der Waals surface area contributed by atoms with E-state index in [1.54, 1.807) is 6.07 Å². The van der Waals surface area contributed by atoms with Crippen LogP contribution in [-0.4, -0.2) is 36.4 Å². The number of amides is 2. The highest BCUT2D eigenvalue weighted by molar-refractivity contribution is 5.94. The standard InChI is InChI=1S/C24H24N2O3/c27-23-9-4-13-26(23)17-18-5-3-8-21(15-18)24(28)25-12-14-29-22-11-10-19-6-1-2-7-20(19)16-22/h1-3,5-8,10-11,15-16H,4,9,12-14,17H2,(H,25,28). The molecule has 29 heavy (non-hydrogen) atoms. The summed E-state index contributed by atoms with van der Waals surface area (Å²) in [5.41, 5.74) is 1.57. The predicted molar refractivity (Wildman–Crippen MR) is 113 cm³/mol. The molecule has 0 saturated carbocycles. The van der Waals surface area contributed by atoms with Crippen LogP contribution in [0.4, 0.5) is 0 Å². The average molecular weight is 388 g/mol. The monoisotopic (exact) mass is 388 g/mol.